The van der Waals surface area contributed by atoms with Crippen molar-refractivity contribution >= 4 is 27.9 Å². The van der Waals surface area contributed by atoms with Gasteiger partial charge in [-0.15, -0.1) is 0 Å². The molecular formula is C20H27BrN4O3. The summed E-state index contributed by atoms with van der Waals surface area (Å²) >= 11 is 3.41. The maximum Gasteiger partial charge on any atom is 0.410 e. The molecular weight excluding hydrogens is 424 g/mol. The number of benzene rings is 1. The molecule has 1 aromatic heterocycles. The molecule has 0 aliphatic rings. The molecule has 0 saturated heterocycles. The van der Waals surface area contributed by atoms with Gasteiger partial charge in [-0.05, 0) is 58.9 Å². The van der Waals surface area contributed by atoms with Gasteiger partial charge in [-0.25, -0.2) is 9.48 Å². The number of rotatable bonds is 6. The maximum absolute atomic E-state index is 12.5. The highest BCUT2D eigenvalue weighted by atomic mass is 79.9. The lowest BCUT2D eigenvalue weighted by atomic mass is 10.2. The third kappa shape index (κ3) is 5.82. The number of aromatic nitrogens is 2. The van der Waals surface area contributed by atoms with E-state index in [-0.39, 0.29) is 12.0 Å². The molecule has 0 spiro atoms. The lowest BCUT2D eigenvalue weighted by Crippen LogP contribution is -2.41. The van der Waals surface area contributed by atoms with Gasteiger partial charge in [0.2, 0.25) is 0 Å². The summed E-state index contributed by atoms with van der Waals surface area (Å²) in [7, 11) is 0. The van der Waals surface area contributed by atoms with Crippen LogP contribution in [-0.4, -0.2) is 51.9 Å². The number of hydrogen-bond donors (Lipinski definition) is 1. The minimum absolute atomic E-state index is 0.221. The summed E-state index contributed by atoms with van der Waals surface area (Å²) in [5.41, 5.74) is 1.58. The van der Waals surface area contributed by atoms with E-state index in [0.717, 1.165) is 15.9 Å². The van der Waals surface area contributed by atoms with Crippen LogP contribution in [0.15, 0.2) is 34.9 Å². The SMILES string of the molecule is CCN(CCNC(=O)c1cnn(-c2ccc(Br)cc2)c1C)C(=O)OC(C)(C)C. The van der Waals surface area contributed by atoms with Crippen LogP contribution in [0.1, 0.15) is 43.7 Å². The Hall–Kier alpha value is -2.35. The van der Waals surface area contributed by atoms with Gasteiger partial charge in [0.1, 0.15) is 5.60 Å². The molecule has 1 heterocycles. The third-order valence-corrected chi connectivity index (χ3v) is 4.55. The Morgan fingerprint density at radius 1 is 1.25 bits per heavy atom. The summed E-state index contributed by atoms with van der Waals surface area (Å²) in [4.78, 5) is 26.2. The van der Waals surface area contributed by atoms with E-state index in [2.05, 4.69) is 26.3 Å². The second kappa shape index (κ2) is 9.23. The monoisotopic (exact) mass is 450 g/mol. The van der Waals surface area contributed by atoms with E-state index < -0.39 is 5.60 Å². The summed E-state index contributed by atoms with van der Waals surface area (Å²) in [6, 6.07) is 7.69. The first-order chi connectivity index (χ1) is 13.1. The van der Waals surface area contributed by atoms with Gasteiger partial charge in [-0.2, -0.15) is 5.10 Å². The second-order valence-electron chi connectivity index (χ2n) is 7.35. The molecule has 0 aliphatic carbocycles. The number of halogens is 1. The van der Waals surface area contributed by atoms with Crippen LogP contribution in [0, 0.1) is 6.92 Å². The predicted octanol–water partition coefficient (Wildman–Crippen LogP) is 3.93. The summed E-state index contributed by atoms with van der Waals surface area (Å²) < 4.78 is 8.07. The van der Waals surface area contributed by atoms with Crippen molar-refractivity contribution in [2.45, 2.75) is 40.2 Å². The molecule has 0 radical (unpaired) electrons. The Morgan fingerprint density at radius 2 is 1.89 bits per heavy atom. The molecule has 2 aromatic rings. The number of hydrogen-bond acceptors (Lipinski definition) is 4. The van der Waals surface area contributed by atoms with Crippen molar-refractivity contribution in [2.75, 3.05) is 19.6 Å². The lowest BCUT2D eigenvalue weighted by molar-refractivity contribution is 0.0261. The van der Waals surface area contributed by atoms with Crippen LogP contribution in [0.3, 0.4) is 0 Å². The minimum atomic E-state index is -0.549. The number of carbonyl (C=O) groups is 2. The molecule has 2 rings (SSSR count). The summed E-state index contributed by atoms with van der Waals surface area (Å²) in [6.07, 6.45) is 1.17. The number of nitrogens with zero attached hydrogens (tertiary/aromatic N) is 3. The molecule has 7 nitrogen and oxygen atoms in total. The predicted molar refractivity (Wildman–Crippen MR) is 112 cm³/mol. The Morgan fingerprint density at radius 3 is 2.46 bits per heavy atom. The molecule has 8 heteroatoms. The van der Waals surface area contributed by atoms with Crippen LogP contribution < -0.4 is 5.32 Å². The molecule has 1 aromatic carbocycles. The normalized spacial score (nSPS) is 11.2. The van der Waals surface area contributed by atoms with Crippen molar-refractivity contribution in [1.82, 2.24) is 20.0 Å². The second-order valence-corrected chi connectivity index (χ2v) is 8.26. The number of nitrogens with one attached hydrogen (secondary N) is 1. The van der Waals surface area contributed by atoms with Crippen LogP contribution in [-0.2, 0) is 4.74 Å². The molecule has 0 unspecified atom stereocenters. The Bertz CT molecular complexity index is 825. The summed E-state index contributed by atoms with van der Waals surface area (Å²) in [5.74, 6) is -0.221. The lowest BCUT2D eigenvalue weighted by Gasteiger charge is -2.26. The maximum atomic E-state index is 12.5. The molecule has 0 atom stereocenters. The first-order valence-corrected chi connectivity index (χ1v) is 9.98. The Kier molecular flexibility index (Phi) is 7.23. The molecule has 0 fully saturated rings. The summed E-state index contributed by atoms with van der Waals surface area (Å²) in [5, 5.41) is 7.17. The Labute approximate surface area is 174 Å². The standard InChI is InChI=1S/C20H27BrN4O3/c1-6-24(19(27)28-20(3,4)5)12-11-22-18(26)17-13-23-25(14(17)2)16-9-7-15(21)8-10-16/h7-10,13H,6,11-12H2,1-5H3,(H,22,26). The van der Waals surface area contributed by atoms with Crippen LogP contribution in [0.4, 0.5) is 4.79 Å². The first kappa shape index (κ1) is 21.9. The summed E-state index contributed by atoms with van der Waals surface area (Å²) in [6.45, 7) is 10.4. The average Bonchev–Trinajstić information content (AvgIpc) is 2.99. The average molecular weight is 451 g/mol. The quantitative estimate of drug-likeness (QED) is 0.722. The topological polar surface area (TPSA) is 76.5 Å². The zero-order valence-electron chi connectivity index (χ0n) is 17.0. The molecule has 152 valence electrons. The van der Waals surface area contributed by atoms with Gasteiger partial charge in [0.15, 0.2) is 0 Å². The molecule has 0 saturated carbocycles. The number of amides is 2. The van der Waals surface area contributed by atoms with Crippen molar-refractivity contribution in [3.05, 3.63) is 46.2 Å². The fraction of sp³-hybridized carbons (Fsp3) is 0.450. The van der Waals surface area contributed by atoms with E-state index >= 15 is 0 Å². The van der Waals surface area contributed by atoms with E-state index in [9.17, 15) is 9.59 Å². The number of carbonyl (C=O) groups excluding carboxylic acids is 2. The highest BCUT2D eigenvalue weighted by Gasteiger charge is 2.21. The van der Waals surface area contributed by atoms with Crippen molar-refractivity contribution in [3.8, 4) is 5.69 Å². The highest BCUT2D eigenvalue weighted by molar-refractivity contribution is 9.10. The zero-order valence-corrected chi connectivity index (χ0v) is 18.5. The van der Waals surface area contributed by atoms with Crippen LogP contribution in [0.2, 0.25) is 0 Å². The van der Waals surface area contributed by atoms with Gasteiger partial charge in [0, 0.05) is 24.1 Å². The van der Waals surface area contributed by atoms with Gasteiger partial charge >= 0.3 is 6.09 Å². The fourth-order valence-electron chi connectivity index (χ4n) is 2.58. The minimum Gasteiger partial charge on any atom is -0.444 e. The Balaban J connectivity index is 1.96. The van der Waals surface area contributed by atoms with E-state index in [1.165, 1.54) is 0 Å². The van der Waals surface area contributed by atoms with Crippen LogP contribution >= 0.6 is 15.9 Å². The fourth-order valence-corrected chi connectivity index (χ4v) is 2.84. The van der Waals surface area contributed by atoms with E-state index in [0.29, 0.717) is 25.2 Å². The van der Waals surface area contributed by atoms with Gasteiger partial charge in [0.25, 0.3) is 5.91 Å². The van der Waals surface area contributed by atoms with Gasteiger partial charge in [-0.3, -0.25) is 4.79 Å². The highest BCUT2D eigenvalue weighted by Crippen LogP contribution is 2.17. The molecule has 0 aliphatic heterocycles. The van der Waals surface area contributed by atoms with E-state index in [4.69, 9.17) is 4.74 Å². The van der Waals surface area contributed by atoms with Gasteiger partial charge < -0.3 is 15.0 Å². The van der Waals surface area contributed by atoms with Crippen molar-refractivity contribution in [2.24, 2.45) is 0 Å². The number of ether oxygens (including phenoxy) is 1. The van der Waals surface area contributed by atoms with E-state index in [1.54, 1.807) is 15.8 Å². The van der Waals surface area contributed by atoms with Crippen molar-refractivity contribution < 1.29 is 14.3 Å². The van der Waals surface area contributed by atoms with Crippen LogP contribution in [0.5, 0.6) is 0 Å². The first-order valence-electron chi connectivity index (χ1n) is 9.19. The number of likely N-dealkylation sites (N-methyl/N-ethyl adjacent to an activating group) is 1. The third-order valence-electron chi connectivity index (χ3n) is 4.03. The van der Waals surface area contributed by atoms with E-state index in [1.807, 2.05) is 58.9 Å². The van der Waals surface area contributed by atoms with Gasteiger partial charge in [-0.1, -0.05) is 15.9 Å². The molecule has 28 heavy (non-hydrogen) atoms. The zero-order chi connectivity index (χ0) is 20.9. The smallest absolute Gasteiger partial charge is 0.410 e. The molecule has 0 bridgehead atoms. The van der Waals surface area contributed by atoms with Crippen molar-refractivity contribution in [3.63, 3.8) is 0 Å². The van der Waals surface area contributed by atoms with Crippen LogP contribution in [0.25, 0.3) is 5.69 Å². The van der Waals surface area contributed by atoms with Crippen molar-refractivity contribution in [1.29, 1.82) is 0 Å². The molecule has 1 N–H and O–H groups in total. The molecule has 2 amide bonds. The largest absolute Gasteiger partial charge is 0.444 e. The van der Waals surface area contributed by atoms with Gasteiger partial charge in [0.05, 0.1) is 23.1 Å².